The quantitative estimate of drug-likeness (QED) is 0.831. The van der Waals surface area contributed by atoms with Crippen molar-refractivity contribution in [3.8, 4) is 0 Å². The second kappa shape index (κ2) is 6.66. The number of hydrogen-bond donors (Lipinski definition) is 0. The average molecular weight is 320 g/mol. The first kappa shape index (κ1) is 15.9. The van der Waals surface area contributed by atoms with E-state index in [0.717, 1.165) is 0 Å². The summed E-state index contributed by atoms with van der Waals surface area (Å²) in [5.74, 6) is -0.850. The largest absolute Gasteiger partial charge is 0.378 e. The van der Waals surface area contributed by atoms with Crippen LogP contribution in [0.15, 0.2) is 24.3 Å². The SMILES string of the molecule is CN1C(=O)CC[C@@H](C(=O)N2CCOCC2)[C@H]1c1ccccc1F. The summed E-state index contributed by atoms with van der Waals surface area (Å²) < 4.78 is 19.6. The Morgan fingerprint density at radius 3 is 2.65 bits per heavy atom. The number of halogens is 1. The summed E-state index contributed by atoms with van der Waals surface area (Å²) in [6.45, 7) is 2.16. The number of hydrogen-bond acceptors (Lipinski definition) is 3. The maximum absolute atomic E-state index is 14.3. The van der Waals surface area contributed by atoms with E-state index in [1.165, 1.54) is 11.0 Å². The lowest BCUT2D eigenvalue weighted by Crippen LogP contribution is -2.50. The molecule has 0 N–H and O–H groups in total. The number of nitrogens with zero attached hydrogens (tertiary/aromatic N) is 2. The van der Waals surface area contributed by atoms with Gasteiger partial charge in [-0.2, -0.15) is 0 Å². The second-order valence-electron chi connectivity index (χ2n) is 6.05. The molecule has 2 saturated heterocycles. The molecule has 2 aliphatic heterocycles. The van der Waals surface area contributed by atoms with Gasteiger partial charge in [-0.1, -0.05) is 18.2 Å². The van der Waals surface area contributed by atoms with Gasteiger partial charge in [0.05, 0.1) is 25.2 Å². The predicted molar refractivity (Wildman–Crippen MR) is 82.0 cm³/mol. The van der Waals surface area contributed by atoms with Crippen LogP contribution in [0, 0.1) is 11.7 Å². The van der Waals surface area contributed by atoms with E-state index in [-0.39, 0.29) is 17.6 Å². The number of piperidine rings is 1. The third kappa shape index (κ3) is 3.08. The summed E-state index contributed by atoms with van der Waals surface area (Å²) >= 11 is 0. The highest BCUT2D eigenvalue weighted by Crippen LogP contribution is 2.38. The fraction of sp³-hybridized carbons (Fsp3) is 0.529. The topological polar surface area (TPSA) is 49.9 Å². The molecule has 0 aliphatic carbocycles. The zero-order valence-corrected chi connectivity index (χ0v) is 13.2. The highest BCUT2D eigenvalue weighted by molar-refractivity contribution is 5.85. The minimum absolute atomic E-state index is 0.0131. The number of likely N-dealkylation sites (tertiary alicyclic amines) is 1. The molecule has 0 bridgehead atoms. The van der Waals surface area contributed by atoms with Crippen molar-refractivity contribution in [1.82, 2.24) is 9.80 Å². The van der Waals surface area contributed by atoms with Crippen LogP contribution in [0.2, 0.25) is 0 Å². The van der Waals surface area contributed by atoms with Crippen LogP contribution in [0.3, 0.4) is 0 Å². The van der Waals surface area contributed by atoms with Gasteiger partial charge in [0.25, 0.3) is 0 Å². The summed E-state index contributed by atoms with van der Waals surface area (Å²) in [6.07, 6.45) is 0.778. The lowest BCUT2D eigenvalue weighted by atomic mass is 9.83. The van der Waals surface area contributed by atoms with Gasteiger partial charge >= 0.3 is 0 Å². The van der Waals surface area contributed by atoms with Crippen molar-refractivity contribution in [3.63, 3.8) is 0 Å². The van der Waals surface area contributed by atoms with Crippen molar-refractivity contribution < 1.29 is 18.7 Å². The number of benzene rings is 1. The van der Waals surface area contributed by atoms with E-state index >= 15 is 0 Å². The Morgan fingerprint density at radius 1 is 1.26 bits per heavy atom. The molecule has 5 nitrogen and oxygen atoms in total. The van der Waals surface area contributed by atoms with E-state index in [2.05, 4.69) is 0 Å². The van der Waals surface area contributed by atoms with Crippen LogP contribution >= 0.6 is 0 Å². The van der Waals surface area contributed by atoms with E-state index in [0.29, 0.717) is 44.7 Å². The van der Waals surface area contributed by atoms with E-state index in [9.17, 15) is 14.0 Å². The highest BCUT2D eigenvalue weighted by atomic mass is 19.1. The summed E-state index contributed by atoms with van der Waals surface area (Å²) in [7, 11) is 1.65. The Bertz CT molecular complexity index is 601. The summed E-state index contributed by atoms with van der Waals surface area (Å²) in [5.41, 5.74) is 0.412. The molecule has 1 aromatic carbocycles. The predicted octanol–water partition coefficient (Wildman–Crippen LogP) is 1.59. The standard InChI is InChI=1S/C17H21FN2O3/c1-19-15(21)7-6-13(17(22)20-8-10-23-11-9-20)16(19)12-4-2-3-5-14(12)18/h2-5,13,16H,6-11H2,1H3/t13-,16-/m1/s1. The van der Waals surface area contributed by atoms with Crippen LogP contribution in [-0.4, -0.2) is 55.0 Å². The Morgan fingerprint density at radius 2 is 1.96 bits per heavy atom. The summed E-state index contributed by atoms with van der Waals surface area (Å²) in [4.78, 5) is 28.3. The molecule has 23 heavy (non-hydrogen) atoms. The molecule has 1 aromatic rings. The molecule has 0 aromatic heterocycles. The minimum atomic E-state index is -0.548. The Labute approximate surface area is 135 Å². The number of carbonyl (C=O) groups excluding carboxylic acids is 2. The average Bonchev–Trinajstić information content (AvgIpc) is 2.58. The molecule has 124 valence electrons. The first-order valence-corrected chi connectivity index (χ1v) is 7.96. The fourth-order valence-corrected chi connectivity index (χ4v) is 3.46. The van der Waals surface area contributed by atoms with Crippen molar-refractivity contribution >= 4 is 11.8 Å². The van der Waals surface area contributed by atoms with Gasteiger partial charge in [0.2, 0.25) is 11.8 Å². The number of carbonyl (C=O) groups is 2. The number of morpholine rings is 1. The zero-order chi connectivity index (χ0) is 16.4. The third-order valence-corrected chi connectivity index (χ3v) is 4.72. The lowest BCUT2D eigenvalue weighted by molar-refractivity contribution is -0.149. The van der Waals surface area contributed by atoms with Crippen LogP contribution in [-0.2, 0) is 14.3 Å². The van der Waals surface area contributed by atoms with E-state index in [1.54, 1.807) is 30.1 Å². The Balaban J connectivity index is 1.91. The monoisotopic (exact) mass is 320 g/mol. The van der Waals surface area contributed by atoms with E-state index in [1.807, 2.05) is 0 Å². The molecule has 2 atom stereocenters. The molecule has 0 radical (unpaired) electrons. The van der Waals surface area contributed by atoms with Gasteiger partial charge in [-0.25, -0.2) is 4.39 Å². The molecule has 6 heteroatoms. The Hall–Kier alpha value is -1.95. The number of rotatable bonds is 2. The molecular weight excluding hydrogens is 299 g/mol. The molecule has 3 rings (SSSR count). The van der Waals surface area contributed by atoms with Crippen LogP contribution in [0.5, 0.6) is 0 Å². The van der Waals surface area contributed by atoms with Gasteiger partial charge in [-0.05, 0) is 12.5 Å². The van der Waals surface area contributed by atoms with Gasteiger partial charge in [0.15, 0.2) is 0 Å². The fourth-order valence-electron chi connectivity index (χ4n) is 3.46. The maximum Gasteiger partial charge on any atom is 0.228 e. The molecule has 0 unspecified atom stereocenters. The molecule has 2 aliphatic rings. The number of ether oxygens (including phenoxy) is 1. The maximum atomic E-state index is 14.3. The molecule has 0 spiro atoms. The molecule has 2 amide bonds. The molecule has 2 fully saturated rings. The highest BCUT2D eigenvalue weighted by Gasteiger charge is 2.41. The summed E-state index contributed by atoms with van der Waals surface area (Å²) in [6, 6.07) is 5.84. The zero-order valence-electron chi connectivity index (χ0n) is 13.2. The Kier molecular flexibility index (Phi) is 4.61. The first-order valence-electron chi connectivity index (χ1n) is 7.96. The summed E-state index contributed by atoms with van der Waals surface area (Å²) in [5, 5.41) is 0. The van der Waals surface area contributed by atoms with Crippen molar-refractivity contribution in [3.05, 3.63) is 35.6 Å². The molecular formula is C17H21FN2O3. The van der Waals surface area contributed by atoms with Gasteiger partial charge in [0, 0.05) is 32.1 Å². The number of amides is 2. The van der Waals surface area contributed by atoms with Crippen LogP contribution < -0.4 is 0 Å². The van der Waals surface area contributed by atoms with Crippen LogP contribution in [0.1, 0.15) is 24.4 Å². The van der Waals surface area contributed by atoms with Crippen LogP contribution in [0.4, 0.5) is 4.39 Å². The second-order valence-corrected chi connectivity index (χ2v) is 6.05. The van der Waals surface area contributed by atoms with Gasteiger partial charge < -0.3 is 14.5 Å². The first-order chi connectivity index (χ1) is 11.1. The van der Waals surface area contributed by atoms with Gasteiger partial charge in [-0.3, -0.25) is 9.59 Å². The van der Waals surface area contributed by atoms with Crippen molar-refractivity contribution in [2.24, 2.45) is 5.92 Å². The van der Waals surface area contributed by atoms with Crippen molar-refractivity contribution in [2.75, 3.05) is 33.4 Å². The normalized spacial score (nSPS) is 25.6. The lowest BCUT2D eigenvalue weighted by Gasteiger charge is -2.41. The van der Waals surface area contributed by atoms with Crippen molar-refractivity contribution in [2.45, 2.75) is 18.9 Å². The molecule has 0 saturated carbocycles. The minimum Gasteiger partial charge on any atom is -0.378 e. The molecule has 2 heterocycles. The van der Waals surface area contributed by atoms with Crippen LogP contribution in [0.25, 0.3) is 0 Å². The third-order valence-electron chi connectivity index (χ3n) is 4.72. The van der Waals surface area contributed by atoms with Gasteiger partial charge in [0.1, 0.15) is 5.82 Å². The van der Waals surface area contributed by atoms with E-state index < -0.39 is 12.0 Å². The van der Waals surface area contributed by atoms with Crippen molar-refractivity contribution in [1.29, 1.82) is 0 Å². The van der Waals surface area contributed by atoms with Gasteiger partial charge in [-0.15, -0.1) is 0 Å². The smallest absolute Gasteiger partial charge is 0.228 e. The van der Waals surface area contributed by atoms with E-state index in [4.69, 9.17) is 4.74 Å².